The molecule has 2 aromatic heterocycles. The summed E-state index contributed by atoms with van der Waals surface area (Å²) < 4.78 is 0. The molecule has 1 amide bonds. The molecule has 5 N–H and O–H groups in total. The summed E-state index contributed by atoms with van der Waals surface area (Å²) in [5, 5.41) is 10.7. The molecule has 0 aliphatic carbocycles. The summed E-state index contributed by atoms with van der Waals surface area (Å²) in [4.78, 5) is 15.2. The SMILES string of the molecule is NC(=O)c1cc(N)ncc1NCc1cccnn1. The fourth-order valence-electron chi connectivity index (χ4n) is 1.43. The van der Waals surface area contributed by atoms with Crippen molar-refractivity contribution in [1.29, 1.82) is 0 Å². The molecule has 2 rings (SSSR count). The Morgan fingerprint density at radius 2 is 2.28 bits per heavy atom. The molecule has 2 aromatic rings. The minimum Gasteiger partial charge on any atom is -0.384 e. The summed E-state index contributed by atoms with van der Waals surface area (Å²) in [5.74, 6) is -0.320. The zero-order chi connectivity index (χ0) is 13.0. The van der Waals surface area contributed by atoms with Crippen LogP contribution >= 0.6 is 0 Å². The van der Waals surface area contributed by atoms with Crippen molar-refractivity contribution in [2.75, 3.05) is 11.1 Å². The molecule has 0 bridgehead atoms. The van der Waals surface area contributed by atoms with Crippen LogP contribution in [0.15, 0.2) is 30.6 Å². The van der Waals surface area contributed by atoms with Crippen LogP contribution in [-0.2, 0) is 6.54 Å². The smallest absolute Gasteiger partial charge is 0.250 e. The molecule has 0 fully saturated rings. The number of rotatable bonds is 4. The van der Waals surface area contributed by atoms with E-state index in [0.717, 1.165) is 5.69 Å². The van der Waals surface area contributed by atoms with E-state index in [0.29, 0.717) is 17.8 Å². The highest BCUT2D eigenvalue weighted by molar-refractivity contribution is 5.98. The highest BCUT2D eigenvalue weighted by Crippen LogP contribution is 2.16. The standard InChI is InChI=1S/C11H12N6O/c12-10-4-8(11(13)18)9(6-15-10)14-5-7-2-1-3-16-17-7/h1-4,6,14H,5H2,(H2,12,15)(H2,13,18). The monoisotopic (exact) mass is 244 g/mol. The first kappa shape index (κ1) is 11.8. The zero-order valence-corrected chi connectivity index (χ0v) is 9.50. The topological polar surface area (TPSA) is 120 Å². The van der Waals surface area contributed by atoms with Crippen LogP contribution < -0.4 is 16.8 Å². The second-order valence-electron chi connectivity index (χ2n) is 3.59. The summed E-state index contributed by atoms with van der Waals surface area (Å²) in [6.45, 7) is 0.416. The maximum absolute atomic E-state index is 11.3. The van der Waals surface area contributed by atoms with Crippen molar-refractivity contribution >= 4 is 17.4 Å². The third kappa shape index (κ3) is 2.70. The number of carbonyl (C=O) groups excluding carboxylic acids is 1. The lowest BCUT2D eigenvalue weighted by atomic mass is 10.2. The number of nitrogens with one attached hydrogen (secondary N) is 1. The van der Waals surface area contributed by atoms with Crippen molar-refractivity contribution in [3.63, 3.8) is 0 Å². The number of aromatic nitrogens is 3. The Morgan fingerprint density at radius 1 is 1.44 bits per heavy atom. The minimum absolute atomic E-state index is 0.244. The van der Waals surface area contributed by atoms with Crippen LogP contribution in [0.25, 0.3) is 0 Å². The molecule has 0 aliphatic heterocycles. The van der Waals surface area contributed by atoms with Gasteiger partial charge in [-0.25, -0.2) is 4.98 Å². The molecular formula is C11H12N6O. The number of primary amides is 1. The number of hydrogen-bond acceptors (Lipinski definition) is 6. The van der Waals surface area contributed by atoms with Crippen molar-refractivity contribution in [3.8, 4) is 0 Å². The van der Waals surface area contributed by atoms with Crippen molar-refractivity contribution in [1.82, 2.24) is 15.2 Å². The van der Waals surface area contributed by atoms with Crippen LogP contribution in [0.4, 0.5) is 11.5 Å². The highest BCUT2D eigenvalue weighted by atomic mass is 16.1. The first-order valence-corrected chi connectivity index (χ1v) is 5.22. The summed E-state index contributed by atoms with van der Waals surface area (Å²) in [6, 6.07) is 5.02. The van der Waals surface area contributed by atoms with E-state index in [1.165, 1.54) is 12.3 Å². The Kier molecular flexibility index (Phi) is 3.33. The fraction of sp³-hybridized carbons (Fsp3) is 0.0909. The van der Waals surface area contributed by atoms with Gasteiger partial charge in [0.15, 0.2) is 0 Å². The summed E-state index contributed by atoms with van der Waals surface area (Å²) >= 11 is 0. The maximum atomic E-state index is 11.3. The Morgan fingerprint density at radius 3 is 2.94 bits per heavy atom. The number of amides is 1. The Balaban J connectivity index is 2.17. The van der Waals surface area contributed by atoms with Crippen LogP contribution in [-0.4, -0.2) is 21.1 Å². The summed E-state index contributed by atoms with van der Waals surface area (Å²) in [5.41, 5.74) is 12.3. The van der Waals surface area contributed by atoms with Gasteiger partial charge in [-0.2, -0.15) is 10.2 Å². The van der Waals surface area contributed by atoms with E-state index in [2.05, 4.69) is 20.5 Å². The van der Waals surface area contributed by atoms with E-state index in [1.807, 2.05) is 6.07 Å². The van der Waals surface area contributed by atoms with Crippen LogP contribution in [0.3, 0.4) is 0 Å². The fourth-order valence-corrected chi connectivity index (χ4v) is 1.43. The van der Waals surface area contributed by atoms with E-state index in [4.69, 9.17) is 11.5 Å². The van der Waals surface area contributed by atoms with Crippen LogP contribution in [0.5, 0.6) is 0 Å². The van der Waals surface area contributed by atoms with Crippen molar-refractivity contribution < 1.29 is 4.79 Å². The van der Waals surface area contributed by atoms with Gasteiger partial charge in [0, 0.05) is 6.20 Å². The van der Waals surface area contributed by atoms with Gasteiger partial charge in [-0.3, -0.25) is 4.79 Å². The van der Waals surface area contributed by atoms with Gasteiger partial charge in [0.25, 0.3) is 5.91 Å². The van der Waals surface area contributed by atoms with Gasteiger partial charge in [0.1, 0.15) is 5.82 Å². The predicted molar refractivity (Wildman–Crippen MR) is 66.5 cm³/mol. The molecule has 0 aromatic carbocycles. The first-order valence-electron chi connectivity index (χ1n) is 5.22. The van der Waals surface area contributed by atoms with Crippen LogP contribution in [0.1, 0.15) is 16.1 Å². The van der Waals surface area contributed by atoms with E-state index >= 15 is 0 Å². The second-order valence-corrected chi connectivity index (χ2v) is 3.59. The van der Waals surface area contributed by atoms with Gasteiger partial charge in [0.05, 0.1) is 29.7 Å². The molecule has 0 saturated heterocycles. The maximum Gasteiger partial charge on any atom is 0.250 e. The van der Waals surface area contributed by atoms with E-state index in [9.17, 15) is 4.79 Å². The van der Waals surface area contributed by atoms with Crippen molar-refractivity contribution in [2.45, 2.75) is 6.54 Å². The number of anilines is 2. The summed E-state index contributed by atoms with van der Waals surface area (Å²) in [7, 11) is 0. The van der Waals surface area contributed by atoms with E-state index in [-0.39, 0.29) is 5.82 Å². The van der Waals surface area contributed by atoms with Crippen LogP contribution in [0, 0.1) is 0 Å². The predicted octanol–water partition coefficient (Wildman–Crippen LogP) is 0.165. The number of hydrogen-bond donors (Lipinski definition) is 3. The number of nitrogens with zero attached hydrogens (tertiary/aromatic N) is 3. The molecule has 0 aliphatic rings. The molecule has 7 heteroatoms. The minimum atomic E-state index is -0.564. The van der Waals surface area contributed by atoms with Crippen molar-refractivity contribution in [2.24, 2.45) is 5.73 Å². The lowest BCUT2D eigenvalue weighted by Gasteiger charge is -2.09. The number of pyridine rings is 1. The third-order valence-corrected chi connectivity index (χ3v) is 2.28. The second kappa shape index (κ2) is 5.09. The van der Waals surface area contributed by atoms with Crippen LogP contribution in [0.2, 0.25) is 0 Å². The third-order valence-electron chi connectivity index (χ3n) is 2.28. The molecule has 92 valence electrons. The normalized spacial score (nSPS) is 10.0. The molecular weight excluding hydrogens is 232 g/mol. The molecule has 18 heavy (non-hydrogen) atoms. The average molecular weight is 244 g/mol. The van der Waals surface area contributed by atoms with Gasteiger partial charge in [0.2, 0.25) is 0 Å². The van der Waals surface area contributed by atoms with Gasteiger partial charge in [-0.1, -0.05) is 0 Å². The molecule has 2 heterocycles. The van der Waals surface area contributed by atoms with E-state index < -0.39 is 5.91 Å². The molecule has 0 unspecified atom stereocenters. The Labute approximate surface area is 103 Å². The lowest BCUT2D eigenvalue weighted by Crippen LogP contribution is -2.15. The highest BCUT2D eigenvalue weighted by Gasteiger charge is 2.09. The molecule has 0 saturated carbocycles. The number of carbonyl (C=O) groups is 1. The van der Waals surface area contributed by atoms with Gasteiger partial charge in [-0.15, -0.1) is 0 Å². The zero-order valence-electron chi connectivity index (χ0n) is 9.50. The molecule has 7 nitrogen and oxygen atoms in total. The van der Waals surface area contributed by atoms with E-state index in [1.54, 1.807) is 12.3 Å². The molecule has 0 spiro atoms. The summed E-state index contributed by atoms with van der Waals surface area (Å²) in [6.07, 6.45) is 3.05. The van der Waals surface area contributed by atoms with Gasteiger partial charge < -0.3 is 16.8 Å². The first-order chi connectivity index (χ1) is 8.66. The van der Waals surface area contributed by atoms with Gasteiger partial charge in [-0.05, 0) is 18.2 Å². The number of nitrogen functional groups attached to an aromatic ring is 1. The lowest BCUT2D eigenvalue weighted by molar-refractivity contribution is 0.100. The number of nitrogens with two attached hydrogens (primary N) is 2. The molecule has 0 radical (unpaired) electrons. The molecule has 0 atom stereocenters. The Hall–Kier alpha value is -2.70. The Bertz CT molecular complexity index is 557. The van der Waals surface area contributed by atoms with Crippen molar-refractivity contribution in [3.05, 3.63) is 41.9 Å². The largest absolute Gasteiger partial charge is 0.384 e. The van der Waals surface area contributed by atoms with Gasteiger partial charge >= 0.3 is 0 Å². The average Bonchev–Trinajstić information content (AvgIpc) is 2.38. The quantitative estimate of drug-likeness (QED) is 0.704.